The summed E-state index contributed by atoms with van der Waals surface area (Å²) in [5, 5.41) is 26.9. The highest BCUT2D eigenvalue weighted by Crippen LogP contribution is 2.37. The van der Waals surface area contributed by atoms with Gasteiger partial charge in [0.15, 0.2) is 5.82 Å². The molecule has 1 fully saturated rings. The van der Waals surface area contributed by atoms with Crippen LogP contribution in [0.1, 0.15) is 43.5 Å². The molecule has 8 heteroatoms. The summed E-state index contributed by atoms with van der Waals surface area (Å²) in [4.78, 5) is 30.7. The van der Waals surface area contributed by atoms with E-state index in [1.807, 2.05) is 13.8 Å². The first-order valence-electron chi connectivity index (χ1n) is 9.50. The summed E-state index contributed by atoms with van der Waals surface area (Å²) in [5.74, 6) is -0.346. The lowest BCUT2D eigenvalue weighted by molar-refractivity contribution is -0.163. The topological polar surface area (TPSA) is 119 Å². The lowest BCUT2D eigenvalue weighted by Gasteiger charge is -2.43. The molecule has 0 aliphatic carbocycles. The van der Waals surface area contributed by atoms with E-state index in [0.717, 1.165) is 5.56 Å². The van der Waals surface area contributed by atoms with Crippen LogP contribution in [0, 0.1) is 11.3 Å². The van der Waals surface area contributed by atoms with Gasteiger partial charge in [-0.2, -0.15) is 5.10 Å². The lowest BCUT2D eigenvalue weighted by atomic mass is 9.72. The number of aliphatic hydroxyl groups is 1. The van der Waals surface area contributed by atoms with Gasteiger partial charge in [0.25, 0.3) is 5.91 Å². The Bertz CT molecular complexity index is 819. The highest BCUT2D eigenvalue weighted by atomic mass is 16.4. The van der Waals surface area contributed by atoms with Crippen LogP contribution in [0.15, 0.2) is 30.6 Å². The molecule has 0 spiro atoms. The van der Waals surface area contributed by atoms with Gasteiger partial charge in [-0.3, -0.25) is 14.7 Å². The van der Waals surface area contributed by atoms with Crippen molar-refractivity contribution in [1.82, 2.24) is 20.1 Å². The van der Waals surface area contributed by atoms with Crippen molar-refractivity contribution in [2.24, 2.45) is 11.3 Å². The van der Waals surface area contributed by atoms with Crippen LogP contribution >= 0.6 is 0 Å². The number of carboxylic acids is 1. The number of nitrogens with zero attached hydrogens (tertiary/aromatic N) is 3. The standard InChI is InChI=1S/C20H26N4O4/c1-13(2)7-9-20(19(27)28)11-24(10-8-16(20)25)18(26)15-5-3-14(4-6-15)17-21-12-22-23-17/h3-6,12-13,16,25H,7-11H2,1-2H3,(H,27,28)(H,21,22,23)/t16-,20+/m0/s1. The number of H-pyrrole nitrogens is 1. The Labute approximate surface area is 163 Å². The summed E-state index contributed by atoms with van der Waals surface area (Å²) in [7, 11) is 0. The molecule has 3 N–H and O–H groups in total. The third-order valence-corrected chi connectivity index (χ3v) is 5.48. The highest BCUT2D eigenvalue weighted by Gasteiger charge is 2.49. The van der Waals surface area contributed by atoms with Crippen LogP contribution in [-0.4, -0.2) is 61.4 Å². The third kappa shape index (κ3) is 3.91. The largest absolute Gasteiger partial charge is 0.481 e. The van der Waals surface area contributed by atoms with Gasteiger partial charge in [-0.25, -0.2) is 4.98 Å². The van der Waals surface area contributed by atoms with Crippen molar-refractivity contribution in [2.45, 2.75) is 39.2 Å². The second-order valence-electron chi connectivity index (χ2n) is 7.84. The fraction of sp³-hybridized carbons (Fsp3) is 0.500. The number of carbonyl (C=O) groups is 2. The molecule has 28 heavy (non-hydrogen) atoms. The molecule has 1 aliphatic rings. The van der Waals surface area contributed by atoms with Crippen LogP contribution in [0.3, 0.4) is 0 Å². The van der Waals surface area contributed by atoms with E-state index in [1.165, 1.54) is 6.33 Å². The summed E-state index contributed by atoms with van der Waals surface area (Å²) in [6.07, 6.45) is 1.73. The molecule has 0 radical (unpaired) electrons. The number of carboxylic acid groups (broad SMARTS) is 1. The zero-order valence-electron chi connectivity index (χ0n) is 16.1. The monoisotopic (exact) mass is 386 g/mol. The number of rotatable bonds is 6. The van der Waals surface area contributed by atoms with E-state index in [4.69, 9.17) is 0 Å². The minimum absolute atomic E-state index is 0.0128. The molecule has 2 aromatic rings. The molecule has 150 valence electrons. The number of hydrogen-bond donors (Lipinski definition) is 3. The average molecular weight is 386 g/mol. The predicted octanol–water partition coefficient (Wildman–Crippen LogP) is 2.19. The molecule has 2 heterocycles. The summed E-state index contributed by atoms with van der Waals surface area (Å²) < 4.78 is 0. The zero-order chi connectivity index (χ0) is 20.3. The molecule has 1 saturated heterocycles. The summed E-state index contributed by atoms with van der Waals surface area (Å²) in [6.45, 7) is 4.38. The van der Waals surface area contributed by atoms with Crippen LogP contribution in [0.2, 0.25) is 0 Å². The normalized spacial score (nSPS) is 22.4. The van der Waals surface area contributed by atoms with E-state index in [2.05, 4.69) is 15.2 Å². The van der Waals surface area contributed by atoms with Gasteiger partial charge in [-0.05, 0) is 37.3 Å². The highest BCUT2D eigenvalue weighted by molar-refractivity contribution is 5.95. The van der Waals surface area contributed by atoms with Crippen LogP contribution in [0.5, 0.6) is 0 Å². The van der Waals surface area contributed by atoms with Crippen molar-refractivity contribution in [2.75, 3.05) is 13.1 Å². The van der Waals surface area contributed by atoms with Crippen molar-refractivity contribution in [1.29, 1.82) is 0 Å². The fourth-order valence-corrected chi connectivity index (χ4v) is 3.66. The van der Waals surface area contributed by atoms with Gasteiger partial charge in [0.2, 0.25) is 0 Å². The van der Waals surface area contributed by atoms with E-state index < -0.39 is 17.5 Å². The van der Waals surface area contributed by atoms with E-state index in [9.17, 15) is 19.8 Å². The first kappa shape index (κ1) is 20.0. The number of aromatic nitrogens is 3. The zero-order valence-corrected chi connectivity index (χ0v) is 16.1. The lowest BCUT2D eigenvalue weighted by Crippen LogP contribution is -2.57. The minimum Gasteiger partial charge on any atom is -0.481 e. The number of aliphatic hydroxyl groups excluding tert-OH is 1. The Hall–Kier alpha value is -2.74. The number of aromatic amines is 1. The number of piperidine rings is 1. The molecule has 1 amide bonds. The van der Waals surface area contributed by atoms with Crippen molar-refractivity contribution in [3.05, 3.63) is 36.2 Å². The van der Waals surface area contributed by atoms with Gasteiger partial charge in [0, 0.05) is 24.2 Å². The summed E-state index contributed by atoms with van der Waals surface area (Å²) in [5.41, 5.74) is -0.0412. The number of likely N-dealkylation sites (tertiary alicyclic amines) is 1. The maximum atomic E-state index is 13.0. The van der Waals surface area contributed by atoms with Crippen molar-refractivity contribution in [3.63, 3.8) is 0 Å². The maximum Gasteiger partial charge on any atom is 0.314 e. The van der Waals surface area contributed by atoms with Gasteiger partial charge in [-0.1, -0.05) is 26.0 Å². The van der Waals surface area contributed by atoms with Gasteiger partial charge < -0.3 is 15.1 Å². The average Bonchev–Trinajstić information content (AvgIpc) is 3.21. The number of amides is 1. The van der Waals surface area contributed by atoms with Gasteiger partial charge in [0.1, 0.15) is 11.7 Å². The summed E-state index contributed by atoms with van der Waals surface area (Å²) in [6, 6.07) is 6.94. The Balaban J connectivity index is 1.78. The van der Waals surface area contributed by atoms with Crippen LogP contribution in [0.25, 0.3) is 11.4 Å². The SMILES string of the molecule is CC(C)CC[C@@]1(C(=O)O)CN(C(=O)c2ccc(-c3ncn[nH]3)cc2)CC[C@@H]1O. The Morgan fingerprint density at radius 1 is 1.32 bits per heavy atom. The minimum atomic E-state index is -1.32. The maximum absolute atomic E-state index is 13.0. The summed E-state index contributed by atoms with van der Waals surface area (Å²) >= 11 is 0. The number of aliphatic carboxylic acids is 1. The van der Waals surface area contributed by atoms with Gasteiger partial charge in [0.05, 0.1) is 6.10 Å². The van der Waals surface area contributed by atoms with Crippen molar-refractivity contribution < 1.29 is 19.8 Å². The molecular weight excluding hydrogens is 360 g/mol. The number of benzene rings is 1. The number of carbonyl (C=O) groups excluding carboxylic acids is 1. The van der Waals surface area contributed by atoms with Crippen molar-refractivity contribution >= 4 is 11.9 Å². The molecule has 1 aromatic carbocycles. The first-order chi connectivity index (χ1) is 13.3. The van der Waals surface area contributed by atoms with Crippen LogP contribution in [0.4, 0.5) is 0 Å². The second-order valence-corrected chi connectivity index (χ2v) is 7.84. The molecule has 0 bridgehead atoms. The molecule has 0 unspecified atom stereocenters. The number of hydrogen-bond acceptors (Lipinski definition) is 5. The smallest absolute Gasteiger partial charge is 0.314 e. The van der Waals surface area contributed by atoms with Gasteiger partial charge in [-0.15, -0.1) is 0 Å². The van der Waals surface area contributed by atoms with E-state index in [-0.39, 0.29) is 18.9 Å². The Morgan fingerprint density at radius 3 is 2.61 bits per heavy atom. The molecular formula is C20H26N4O4. The van der Waals surface area contributed by atoms with E-state index in [1.54, 1.807) is 29.2 Å². The van der Waals surface area contributed by atoms with Crippen LogP contribution < -0.4 is 0 Å². The number of nitrogens with one attached hydrogen (secondary N) is 1. The van der Waals surface area contributed by atoms with Crippen molar-refractivity contribution in [3.8, 4) is 11.4 Å². The van der Waals surface area contributed by atoms with Crippen LogP contribution in [-0.2, 0) is 4.79 Å². The van der Waals surface area contributed by atoms with Gasteiger partial charge >= 0.3 is 5.97 Å². The quantitative estimate of drug-likeness (QED) is 0.700. The third-order valence-electron chi connectivity index (χ3n) is 5.48. The Morgan fingerprint density at radius 2 is 2.04 bits per heavy atom. The molecule has 2 atom stereocenters. The second kappa shape index (κ2) is 8.10. The Kier molecular flexibility index (Phi) is 5.79. The van der Waals surface area contributed by atoms with E-state index in [0.29, 0.717) is 36.7 Å². The predicted molar refractivity (Wildman–Crippen MR) is 102 cm³/mol. The molecule has 1 aromatic heterocycles. The molecule has 1 aliphatic heterocycles. The fourth-order valence-electron chi connectivity index (χ4n) is 3.66. The molecule has 3 rings (SSSR count). The first-order valence-corrected chi connectivity index (χ1v) is 9.50. The molecule has 8 nitrogen and oxygen atoms in total. The molecule has 0 saturated carbocycles. The van der Waals surface area contributed by atoms with E-state index >= 15 is 0 Å².